The van der Waals surface area contributed by atoms with Crippen LogP contribution in [0.2, 0.25) is 0 Å². The van der Waals surface area contributed by atoms with E-state index in [1.807, 2.05) is 43.3 Å². The highest BCUT2D eigenvalue weighted by molar-refractivity contribution is 9.10. The van der Waals surface area contributed by atoms with Gasteiger partial charge in [-0.3, -0.25) is 4.79 Å². The number of aromatic nitrogens is 1. The van der Waals surface area contributed by atoms with Crippen molar-refractivity contribution in [3.63, 3.8) is 0 Å². The molecule has 0 radical (unpaired) electrons. The number of amides is 1. The molecule has 2 aromatic carbocycles. The summed E-state index contributed by atoms with van der Waals surface area (Å²) in [7, 11) is 1.61. The summed E-state index contributed by atoms with van der Waals surface area (Å²) in [5.41, 5.74) is 3.36. The Morgan fingerprint density at radius 2 is 2.05 bits per heavy atom. The zero-order valence-electron chi connectivity index (χ0n) is 12.2. The lowest BCUT2D eigenvalue weighted by Crippen LogP contribution is -2.11. The third-order valence-electron chi connectivity index (χ3n) is 3.56. The number of halogens is 1. The Kier molecular flexibility index (Phi) is 3.90. The molecule has 3 aromatic rings. The smallest absolute Gasteiger partial charge is 0.257 e. The van der Waals surface area contributed by atoms with Gasteiger partial charge in [0, 0.05) is 27.3 Å². The average molecular weight is 359 g/mol. The Morgan fingerprint density at radius 1 is 1.23 bits per heavy atom. The third kappa shape index (κ3) is 2.72. The zero-order chi connectivity index (χ0) is 15.7. The molecule has 1 heterocycles. The predicted octanol–water partition coefficient (Wildman–Crippen LogP) is 4.50. The highest BCUT2D eigenvalue weighted by Gasteiger charge is 2.13. The van der Waals surface area contributed by atoms with Gasteiger partial charge in [-0.1, -0.05) is 22.0 Å². The van der Waals surface area contributed by atoms with E-state index < -0.39 is 0 Å². The van der Waals surface area contributed by atoms with Gasteiger partial charge in [-0.25, -0.2) is 0 Å². The molecule has 0 atom stereocenters. The van der Waals surface area contributed by atoms with Gasteiger partial charge in [0.15, 0.2) is 0 Å². The van der Waals surface area contributed by atoms with Crippen LogP contribution in [0.5, 0.6) is 5.75 Å². The van der Waals surface area contributed by atoms with Crippen molar-refractivity contribution >= 4 is 38.4 Å². The van der Waals surface area contributed by atoms with Gasteiger partial charge in [-0.05, 0) is 42.8 Å². The maximum atomic E-state index is 12.5. The third-order valence-corrected chi connectivity index (χ3v) is 4.42. The van der Waals surface area contributed by atoms with E-state index >= 15 is 0 Å². The Morgan fingerprint density at radius 3 is 2.77 bits per heavy atom. The number of nitrogens with one attached hydrogen (secondary N) is 2. The molecule has 0 saturated heterocycles. The van der Waals surface area contributed by atoms with Gasteiger partial charge in [0.25, 0.3) is 5.91 Å². The molecule has 0 spiro atoms. The Bertz CT molecular complexity index is 855. The number of methoxy groups -OCH3 is 1. The maximum absolute atomic E-state index is 12.5. The number of fused-ring (bicyclic) bond motifs is 1. The van der Waals surface area contributed by atoms with Crippen LogP contribution in [0.3, 0.4) is 0 Å². The second kappa shape index (κ2) is 5.85. The Labute approximate surface area is 136 Å². The van der Waals surface area contributed by atoms with Crippen LogP contribution in [0.15, 0.2) is 47.1 Å². The van der Waals surface area contributed by atoms with Crippen molar-refractivity contribution in [1.29, 1.82) is 0 Å². The molecular weight excluding hydrogens is 344 g/mol. The van der Waals surface area contributed by atoms with Gasteiger partial charge in [0.05, 0.1) is 12.7 Å². The molecule has 0 bridgehead atoms. The number of ether oxygens (including phenoxy) is 1. The van der Waals surface area contributed by atoms with Crippen molar-refractivity contribution in [2.75, 3.05) is 12.4 Å². The van der Waals surface area contributed by atoms with E-state index in [0.717, 1.165) is 32.4 Å². The number of hydrogen-bond donors (Lipinski definition) is 2. The summed E-state index contributed by atoms with van der Waals surface area (Å²) in [6, 6.07) is 11.3. The van der Waals surface area contributed by atoms with E-state index in [-0.39, 0.29) is 5.91 Å². The fourth-order valence-corrected chi connectivity index (χ4v) is 2.66. The van der Waals surface area contributed by atoms with Crippen molar-refractivity contribution in [3.8, 4) is 5.75 Å². The summed E-state index contributed by atoms with van der Waals surface area (Å²) in [4.78, 5) is 15.6. The summed E-state index contributed by atoms with van der Waals surface area (Å²) in [5, 5.41) is 3.75. The van der Waals surface area contributed by atoms with E-state index in [2.05, 4.69) is 26.2 Å². The molecule has 0 aliphatic carbocycles. The first kappa shape index (κ1) is 14.7. The lowest BCUT2D eigenvalue weighted by Gasteiger charge is -2.07. The number of carbonyl (C=O) groups is 1. The molecule has 0 saturated carbocycles. The van der Waals surface area contributed by atoms with E-state index in [9.17, 15) is 4.79 Å². The van der Waals surface area contributed by atoms with E-state index in [1.165, 1.54) is 0 Å². The molecule has 0 aliphatic rings. The summed E-state index contributed by atoms with van der Waals surface area (Å²) in [6.07, 6.45) is 1.71. The molecule has 1 amide bonds. The molecule has 3 rings (SSSR count). The van der Waals surface area contributed by atoms with E-state index in [1.54, 1.807) is 13.3 Å². The van der Waals surface area contributed by atoms with Crippen molar-refractivity contribution in [2.24, 2.45) is 0 Å². The normalized spacial score (nSPS) is 10.7. The second-order valence-corrected chi connectivity index (χ2v) is 5.89. The Balaban J connectivity index is 1.93. The standard InChI is InChI=1S/C17H15BrN2O2/c1-10-3-4-11(7-15(10)18)20-17(21)14-9-19-16-6-5-12(22-2)8-13(14)16/h3-9,19H,1-2H3,(H,20,21). The molecule has 2 N–H and O–H groups in total. The molecule has 4 nitrogen and oxygen atoms in total. The maximum Gasteiger partial charge on any atom is 0.257 e. The first-order valence-electron chi connectivity index (χ1n) is 6.81. The molecule has 0 unspecified atom stereocenters. The van der Waals surface area contributed by atoms with Gasteiger partial charge in [0.2, 0.25) is 0 Å². The van der Waals surface area contributed by atoms with Crippen LogP contribution in [-0.4, -0.2) is 18.0 Å². The number of H-pyrrole nitrogens is 1. The summed E-state index contributed by atoms with van der Waals surface area (Å²) < 4.78 is 6.19. The van der Waals surface area contributed by atoms with Crippen molar-refractivity contribution < 1.29 is 9.53 Å². The van der Waals surface area contributed by atoms with Crippen molar-refractivity contribution in [3.05, 3.63) is 58.2 Å². The van der Waals surface area contributed by atoms with Gasteiger partial charge in [0.1, 0.15) is 5.75 Å². The lowest BCUT2D eigenvalue weighted by atomic mass is 10.1. The van der Waals surface area contributed by atoms with Gasteiger partial charge in [-0.15, -0.1) is 0 Å². The van der Waals surface area contributed by atoms with Crippen LogP contribution < -0.4 is 10.1 Å². The summed E-state index contributed by atoms with van der Waals surface area (Å²) >= 11 is 3.47. The molecular formula is C17H15BrN2O2. The molecule has 0 fully saturated rings. The van der Waals surface area contributed by atoms with Crippen LogP contribution in [0.1, 0.15) is 15.9 Å². The summed E-state index contributed by atoms with van der Waals surface area (Å²) in [5.74, 6) is 0.564. The molecule has 22 heavy (non-hydrogen) atoms. The van der Waals surface area contributed by atoms with Gasteiger partial charge in [-0.2, -0.15) is 0 Å². The predicted molar refractivity (Wildman–Crippen MR) is 91.7 cm³/mol. The number of aromatic amines is 1. The second-order valence-electron chi connectivity index (χ2n) is 5.03. The van der Waals surface area contributed by atoms with Crippen LogP contribution >= 0.6 is 15.9 Å². The number of benzene rings is 2. The lowest BCUT2D eigenvalue weighted by molar-refractivity contribution is 0.102. The number of aryl methyl sites for hydroxylation is 1. The summed E-state index contributed by atoms with van der Waals surface area (Å²) in [6.45, 7) is 2.00. The fourth-order valence-electron chi connectivity index (χ4n) is 2.28. The SMILES string of the molecule is COc1ccc2[nH]cc(C(=O)Nc3ccc(C)c(Br)c3)c2c1. The number of carbonyl (C=O) groups excluding carboxylic acids is 1. The van der Waals surface area contributed by atoms with Crippen LogP contribution in [0, 0.1) is 6.92 Å². The number of hydrogen-bond acceptors (Lipinski definition) is 2. The minimum absolute atomic E-state index is 0.157. The number of anilines is 1. The van der Waals surface area contributed by atoms with Crippen LogP contribution in [-0.2, 0) is 0 Å². The highest BCUT2D eigenvalue weighted by Crippen LogP contribution is 2.25. The van der Waals surface area contributed by atoms with Gasteiger partial charge < -0.3 is 15.0 Å². The largest absolute Gasteiger partial charge is 0.497 e. The zero-order valence-corrected chi connectivity index (χ0v) is 13.8. The molecule has 1 aromatic heterocycles. The Hall–Kier alpha value is -2.27. The first-order chi connectivity index (χ1) is 10.6. The highest BCUT2D eigenvalue weighted by atomic mass is 79.9. The topological polar surface area (TPSA) is 54.1 Å². The fraction of sp³-hybridized carbons (Fsp3) is 0.118. The minimum Gasteiger partial charge on any atom is -0.497 e. The van der Waals surface area contributed by atoms with Crippen LogP contribution in [0.25, 0.3) is 10.9 Å². The first-order valence-corrected chi connectivity index (χ1v) is 7.60. The number of rotatable bonds is 3. The van der Waals surface area contributed by atoms with Crippen molar-refractivity contribution in [1.82, 2.24) is 4.98 Å². The monoisotopic (exact) mass is 358 g/mol. The average Bonchev–Trinajstić information content (AvgIpc) is 2.94. The molecule has 0 aliphatic heterocycles. The van der Waals surface area contributed by atoms with E-state index in [0.29, 0.717) is 5.56 Å². The van der Waals surface area contributed by atoms with Crippen molar-refractivity contribution in [2.45, 2.75) is 6.92 Å². The van der Waals surface area contributed by atoms with Crippen LogP contribution in [0.4, 0.5) is 5.69 Å². The van der Waals surface area contributed by atoms with E-state index in [4.69, 9.17) is 4.74 Å². The quantitative estimate of drug-likeness (QED) is 0.724. The van der Waals surface area contributed by atoms with Gasteiger partial charge >= 0.3 is 0 Å². The minimum atomic E-state index is -0.157. The molecule has 5 heteroatoms. The molecule has 112 valence electrons.